The van der Waals surface area contributed by atoms with Gasteiger partial charge in [0.05, 0.1) is 18.8 Å². The van der Waals surface area contributed by atoms with Gasteiger partial charge in [0, 0.05) is 25.3 Å². The van der Waals surface area contributed by atoms with E-state index in [0.29, 0.717) is 44.1 Å². The Hall–Kier alpha value is -2.31. The first kappa shape index (κ1) is 18.1. The maximum Gasteiger partial charge on any atom is 0.289 e. The molecule has 2 aliphatic heterocycles. The standard InChI is InChI=1S/C21H25NO5/c1-25-16-6-4-15(5-7-16)17-8-9-18(27-17)20(24)22-12-10-21(11-13-22)19(23)3-2-14-26-21/h4-9,19,23H,2-3,10-14H2,1H3. The number of methoxy groups -OCH3 is 1. The fourth-order valence-electron chi connectivity index (χ4n) is 4.00. The number of ether oxygens (including phenoxy) is 2. The van der Waals surface area contributed by atoms with E-state index in [4.69, 9.17) is 13.9 Å². The lowest BCUT2D eigenvalue weighted by atomic mass is 9.82. The van der Waals surface area contributed by atoms with Crippen molar-refractivity contribution in [3.05, 3.63) is 42.2 Å². The van der Waals surface area contributed by atoms with Crippen LogP contribution in [-0.4, -0.2) is 54.4 Å². The van der Waals surface area contributed by atoms with Gasteiger partial charge in [0.1, 0.15) is 11.5 Å². The maximum atomic E-state index is 12.8. The molecule has 0 saturated carbocycles. The molecule has 2 aliphatic rings. The number of carbonyl (C=O) groups is 1. The molecule has 1 atom stereocenters. The minimum atomic E-state index is -0.480. The average molecular weight is 371 g/mol. The Labute approximate surface area is 158 Å². The molecule has 1 aromatic heterocycles. The SMILES string of the molecule is COc1ccc(-c2ccc(C(=O)N3CCC4(CC3)OCCCC4O)o2)cc1. The monoisotopic (exact) mass is 371 g/mol. The molecule has 0 aliphatic carbocycles. The lowest BCUT2D eigenvalue weighted by molar-refractivity contribution is -0.174. The summed E-state index contributed by atoms with van der Waals surface area (Å²) in [6.45, 7) is 1.82. The number of hydrogen-bond donors (Lipinski definition) is 1. The number of aliphatic hydroxyl groups is 1. The number of furan rings is 1. The van der Waals surface area contributed by atoms with Crippen LogP contribution in [0.5, 0.6) is 5.75 Å². The average Bonchev–Trinajstić information content (AvgIpc) is 3.21. The van der Waals surface area contributed by atoms with Crippen LogP contribution >= 0.6 is 0 Å². The summed E-state index contributed by atoms with van der Waals surface area (Å²) in [4.78, 5) is 14.6. The Balaban J connectivity index is 1.42. The molecule has 4 rings (SSSR count). The van der Waals surface area contributed by atoms with Crippen LogP contribution in [0.4, 0.5) is 0 Å². The highest BCUT2D eigenvalue weighted by Gasteiger charge is 2.44. The van der Waals surface area contributed by atoms with E-state index in [1.807, 2.05) is 30.3 Å². The summed E-state index contributed by atoms with van der Waals surface area (Å²) in [5.41, 5.74) is 0.415. The molecule has 1 amide bonds. The van der Waals surface area contributed by atoms with Crippen LogP contribution in [-0.2, 0) is 4.74 Å². The molecule has 27 heavy (non-hydrogen) atoms. The van der Waals surface area contributed by atoms with E-state index in [1.54, 1.807) is 18.1 Å². The molecule has 1 aromatic carbocycles. The van der Waals surface area contributed by atoms with Crippen LogP contribution in [0.15, 0.2) is 40.8 Å². The number of nitrogens with zero attached hydrogens (tertiary/aromatic N) is 1. The van der Waals surface area contributed by atoms with Crippen LogP contribution in [0, 0.1) is 0 Å². The number of carbonyl (C=O) groups excluding carboxylic acids is 1. The minimum Gasteiger partial charge on any atom is -0.497 e. The Bertz CT molecular complexity index is 789. The molecule has 1 N–H and O–H groups in total. The van der Waals surface area contributed by atoms with E-state index in [9.17, 15) is 9.90 Å². The smallest absolute Gasteiger partial charge is 0.289 e. The molecule has 0 radical (unpaired) electrons. The van der Waals surface area contributed by atoms with Crippen molar-refractivity contribution in [3.8, 4) is 17.1 Å². The molecule has 6 heteroatoms. The van der Waals surface area contributed by atoms with Crippen LogP contribution in [0.3, 0.4) is 0 Å². The number of amides is 1. The molecular formula is C21H25NO5. The molecule has 144 valence electrons. The summed E-state index contributed by atoms with van der Waals surface area (Å²) in [6.07, 6.45) is 2.55. The van der Waals surface area contributed by atoms with Gasteiger partial charge in [0.2, 0.25) is 0 Å². The zero-order valence-electron chi connectivity index (χ0n) is 15.5. The second-order valence-corrected chi connectivity index (χ2v) is 7.26. The van der Waals surface area contributed by atoms with E-state index in [2.05, 4.69) is 0 Å². The van der Waals surface area contributed by atoms with Crippen LogP contribution < -0.4 is 4.74 Å². The molecule has 6 nitrogen and oxygen atoms in total. The summed E-state index contributed by atoms with van der Waals surface area (Å²) in [5, 5.41) is 10.3. The topological polar surface area (TPSA) is 72.1 Å². The highest BCUT2D eigenvalue weighted by molar-refractivity contribution is 5.92. The largest absolute Gasteiger partial charge is 0.497 e. The number of rotatable bonds is 3. The van der Waals surface area contributed by atoms with Gasteiger partial charge in [-0.05, 0) is 62.1 Å². The van der Waals surface area contributed by atoms with Gasteiger partial charge in [-0.1, -0.05) is 0 Å². The summed E-state index contributed by atoms with van der Waals surface area (Å²) in [6, 6.07) is 11.1. The van der Waals surface area contributed by atoms with Gasteiger partial charge in [-0.25, -0.2) is 0 Å². The van der Waals surface area contributed by atoms with Gasteiger partial charge in [0.15, 0.2) is 5.76 Å². The van der Waals surface area contributed by atoms with Gasteiger partial charge >= 0.3 is 0 Å². The lowest BCUT2D eigenvalue weighted by Crippen LogP contribution is -2.56. The van der Waals surface area contributed by atoms with Gasteiger partial charge in [0.25, 0.3) is 5.91 Å². The second-order valence-electron chi connectivity index (χ2n) is 7.26. The zero-order chi connectivity index (χ0) is 18.9. The van der Waals surface area contributed by atoms with Crippen molar-refractivity contribution in [3.63, 3.8) is 0 Å². The first-order chi connectivity index (χ1) is 13.1. The van der Waals surface area contributed by atoms with E-state index >= 15 is 0 Å². The normalized spacial score (nSPS) is 22.0. The highest BCUT2D eigenvalue weighted by Crippen LogP contribution is 2.36. The molecule has 1 unspecified atom stereocenters. The van der Waals surface area contributed by atoms with Crippen molar-refractivity contribution < 1.29 is 23.8 Å². The fourth-order valence-corrected chi connectivity index (χ4v) is 4.00. The van der Waals surface area contributed by atoms with Crippen LogP contribution in [0.25, 0.3) is 11.3 Å². The van der Waals surface area contributed by atoms with Gasteiger partial charge in [-0.15, -0.1) is 0 Å². The van der Waals surface area contributed by atoms with Crippen LogP contribution in [0.1, 0.15) is 36.2 Å². The first-order valence-electron chi connectivity index (χ1n) is 9.47. The fraction of sp³-hybridized carbons (Fsp3) is 0.476. The van der Waals surface area contributed by atoms with Crippen LogP contribution in [0.2, 0.25) is 0 Å². The van der Waals surface area contributed by atoms with E-state index in [0.717, 1.165) is 24.2 Å². The maximum absolute atomic E-state index is 12.8. The highest BCUT2D eigenvalue weighted by atomic mass is 16.5. The van der Waals surface area contributed by atoms with Crippen molar-refractivity contribution in [2.24, 2.45) is 0 Å². The Morgan fingerprint density at radius 2 is 1.93 bits per heavy atom. The van der Waals surface area contributed by atoms with Gasteiger partial charge in [-0.3, -0.25) is 4.79 Å². The number of piperidine rings is 1. The summed E-state index contributed by atoms with van der Waals surface area (Å²) in [5.74, 6) is 1.65. The molecule has 2 saturated heterocycles. The third-order valence-corrected chi connectivity index (χ3v) is 5.71. The molecule has 1 spiro atoms. The first-order valence-corrected chi connectivity index (χ1v) is 9.47. The third kappa shape index (κ3) is 3.47. The van der Waals surface area contributed by atoms with Crippen molar-refractivity contribution in [2.75, 3.05) is 26.8 Å². The number of aliphatic hydroxyl groups excluding tert-OH is 1. The zero-order valence-corrected chi connectivity index (χ0v) is 15.5. The van der Waals surface area contributed by atoms with Gasteiger partial charge < -0.3 is 23.9 Å². The number of hydrogen-bond acceptors (Lipinski definition) is 5. The Kier molecular flexibility index (Phi) is 4.93. The van der Waals surface area contributed by atoms with E-state index in [-0.39, 0.29) is 5.91 Å². The molecule has 2 aromatic rings. The summed E-state index contributed by atoms with van der Waals surface area (Å²) >= 11 is 0. The molecular weight excluding hydrogens is 346 g/mol. The Morgan fingerprint density at radius 1 is 1.19 bits per heavy atom. The van der Waals surface area contributed by atoms with E-state index < -0.39 is 11.7 Å². The summed E-state index contributed by atoms with van der Waals surface area (Å²) in [7, 11) is 1.62. The number of likely N-dealkylation sites (tertiary alicyclic amines) is 1. The lowest BCUT2D eigenvalue weighted by Gasteiger charge is -2.46. The van der Waals surface area contributed by atoms with Crippen molar-refractivity contribution >= 4 is 5.91 Å². The predicted octanol–water partition coefficient (Wildman–Crippen LogP) is 3.10. The van der Waals surface area contributed by atoms with Crippen molar-refractivity contribution in [1.82, 2.24) is 4.90 Å². The van der Waals surface area contributed by atoms with Gasteiger partial charge in [-0.2, -0.15) is 0 Å². The quantitative estimate of drug-likeness (QED) is 0.898. The molecule has 0 bridgehead atoms. The van der Waals surface area contributed by atoms with Crippen molar-refractivity contribution in [1.29, 1.82) is 0 Å². The minimum absolute atomic E-state index is 0.116. The van der Waals surface area contributed by atoms with E-state index in [1.165, 1.54) is 0 Å². The molecule has 2 fully saturated rings. The summed E-state index contributed by atoms with van der Waals surface area (Å²) < 4.78 is 16.9. The van der Waals surface area contributed by atoms with Crippen molar-refractivity contribution in [2.45, 2.75) is 37.4 Å². The predicted molar refractivity (Wildman–Crippen MR) is 99.8 cm³/mol. The Morgan fingerprint density at radius 3 is 2.59 bits per heavy atom. The molecule has 3 heterocycles. The third-order valence-electron chi connectivity index (χ3n) is 5.71. The second kappa shape index (κ2) is 7.37. The number of benzene rings is 1.